The predicted octanol–water partition coefficient (Wildman–Crippen LogP) is 4.12. The Morgan fingerprint density at radius 2 is 2.00 bits per heavy atom. The van der Waals surface area contributed by atoms with Crippen LogP contribution in [0.1, 0.15) is 5.56 Å². The number of hydrogen-bond donors (Lipinski definition) is 1. The van der Waals surface area contributed by atoms with E-state index in [2.05, 4.69) is 52.7 Å². The second kappa shape index (κ2) is 5.97. The fourth-order valence-electron chi connectivity index (χ4n) is 1.49. The summed E-state index contributed by atoms with van der Waals surface area (Å²) in [6.07, 6.45) is 3.19. The standard InChI is InChI=1S/C13H15NS2/c1-15-13-4-2-12(3-5-13)14-8-6-11-7-9-16-10-11/h2-5,7,9-10,14H,6,8H2,1H3. The average Bonchev–Trinajstić information content (AvgIpc) is 2.83. The smallest absolute Gasteiger partial charge is 0.0341 e. The molecule has 0 saturated heterocycles. The summed E-state index contributed by atoms with van der Waals surface area (Å²) in [5.41, 5.74) is 2.62. The predicted molar refractivity (Wildman–Crippen MR) is 74.7 cm³/mol. The maximum Gasteiger partial charge on any atom is 0.0341 e. The van der Waals surface area contributed by atoms with Crippen LogP contribution in [0.5, 0.6) is 0 Å². The van der Waals surface area contributed by atoms with Gasteiger partial charge < -0.3 is 5.32 Å². The average molecular weight is 249 g/mol. The van der Waals surface area contributed by atoms with Crippen molar-refractivity contribution in [3.05, 3.63) is 46.7 Å². The van der Waals surface area contributed by atoms with E-state index in [4.69, 9.17) is 0 Å². The number of anilines is 1. The zero-order valence-corrected chi connectivity index (χ0v) is 10.9. The van der Waals surface area contributed by atoms with E-state index in [0.29, 0.717) is 0 Å². The lowest BCUT2D eigenvalue weighted by Crippen LogP contribution is -2.03. The largest absolute Gasteiger partial charge is 0.385 e. The molecule has 0 radical (unpaired) electrons. The Balaban J connectivity index is 1.81. The summed E-state index contributed by atoms with van der Waals surface area (Å²) in [6, 6.07) is 10.8. The molecule has 0 bridgehead atoms. The van der Waals surface area contributed by atoms with Gasteiger partial charge in [0.25, 0.3) is 0 Å². The van der Waals surface area contributed by atoms with Crippen molar-refractivity contribution in [3.63, 3.8) is 0 Å². The van der Waals surface area contributed by atoms with Crippen molar-refractivity contribution in [2.75, 3.05) is 18.1 Å². The van der Waals surface area contributed by atoms with Crippen LogP contribution < -0.4 is 5.32 Å². The minimum atomic E-state index is 0.995. The van der Waals surface area contributed by atoms with Gasteiger partial charge in [-0.2, -0.15) is 11.3 Å². The zero-order chi connectivity index (χ0) is 11.2. The first-order chi connectivity index (χ1) is 7.88. The molecule has 0 saturated carbocycles. The highest BCUT2D eigenvalue weighted by atomic mass is 32.2. The highest BCUT2D eigenvalue weighted by molar-refractivity contribution is 7.98. The van der Waals surface area contributed by atoms with Gasteiger partial charge in [0.2, 0.25) is 0 Å². The van der Waals surface area contributed by atoms with E-state index in [1.54, 1.807) is 23.1 Å². The van der Waals surface area contributed by atoms with Crippen LogP contribution in [0, 0.1) is 0 Å². The number of thioether (sulfide) groups is 1. The van der Waals surface area contributed by atoms with Gasteiger partial charge in [-0.1, -0.05) is 0 Å². The minimum Gasteiger partial charge on any atom is -0.385 e. The number of thiophene rings is 1. The van der Waals surface area contributed by atoms with E-state index in [1.807, 2.05) is 0 Å². The molecular weight excluding hydrogens is 234 g/mol. The second-order valence-electron chi connectivity index (χ2n) is 3.54. The van der Waals surface area contributed by atoms with E-state index in [-0.39, 0.29) is 0 Å². The van der Waals surface area contributed by atoms with Crippen LogP contribution >= 0.6 is 23.1 Å². The van der Waals surface area contributed by atoms with Crippen molar-refractivity contribution in [1.29, 1.82) is 0 Å². The Bertz CT molecular complexity index is 406. The molecule has 0 aliphatic carbocycles. The molecule has 0 aliphatic heterocycles. The first-order valence-corrected chi connectivity index (χ1v) is 7.44. The molecule has 84 valence electrons. The second-order valence-corrected chi connectivity index (χ2v) is 5.20. The quantitative estimate of drug-likeness (QED) is 0.800. The van der Waals surface area contributed by atoms with E-state index in [0.717, 1.165) is 13.0 Å². The third kappa shape index (κ3) is 3.29. The third-order valence-electron chi connectivity index (χ3n) is 2.41. The molecule has 2 aromatic rings. The van der Waals surface area contributed by atoms with Gasteiger partial charge in [0, 0.05) is 17.1 Å². The van der Waals surface area contributed by atoms with Crippen LogP contribution in [0.15, 0.2) is 46.0 Å². The molecule has 0 aliphatic rings. The Hall–Kier alpha value is -0.930. The number of benzene rings is 1. The Morgan fingerprint density at radius 1 is 1.19 bits per heavy atom. The van der Waals surface area contributed by atoms with Crippen LogP contribution in [0.3, 0.4) is 0 Å². The van der Waals surface area contributed by atoms with Gasteiger partial charge in [-0.25, -0.2) is 0 Å². The molecule has 0 amide bonds. The molecule has 0 atom stereocenters. The van der Waals surface area contributed by atoms with Crippen molar-refractivity contribution in [2.45, 2.75) is 11.3 Å². The molecule has 1 N–H and O–H groups in total. The van der Waals surface area contributed by atoms with Gasteiger partial charge in [-0.3, -0.25) is 0 Å². The van der Waals surface area contributed by atoms with Crippen molar-refractivity contribution in [1.82, 2.24) is 0 Å². The lowest BCUT2D eigenvalue weighted by Gasteiger charge is -2.06. The molecule has 16 heavy (non-hydrogen) atoms. The third-order valence-corrected chi connectivity index (χ3v) is 3.89. The molecular formula is C13H15NS2. The first kappa shape index (κ1) is 11.6. The van der Waals surface area contributed by atoms with Crippen molar-refractivity contribution in [3.8, 4) is 0 Å². The lowest BCUT2D eigenvalue weighted by atomic mass is 10.2. The lowest BCUT2D eigenvalue weighted by molar-refractivity contribution is 1.03. The summed E-state index contributed by atoms with van der Waals surface area (Å²) in [7, 11) is 0. The summed E-state index contributed by atoms with van der Waals surface area (Å²) in [5.74, 6) is 0. The monoisotopic (exact) mass is 249 g/mol. The van der Waals surface area contributed by atoms with Gasteiger partial charge in [0.05, 0.1) is 0 Å². The van der Waals surface area contributed by atoms with Gasteiger partial charge in [-0.05, 0) is 59.3 Å². The van der Waals surface area contributed by atoms with Crippen LogP contribution in [-0.4, -0.2) is 12.8 Å². The molecule has 1 aromatic carbocycles. The maximum absolute atomic E-state index is 3.43. The zero-order valence-electron chi connectivity index (χ0n) is 9.27. The SMILES string of the molecule is CSc1ccc(NCCc2ccsc2)cc1. The van der Waals surface area contributed by atoms with Gasteiger partial charge in [0.15, 0.2) is 0 Å². The van der Waals surface area contributed by atoms with Crippen molar-refractivity contribution >= 4 is 28.8 Å². The Kier molecular flexibility index (Phi) is 4.31. The van der Waals surface area contributed by atoms with Crippen LogP contribution in [0.4, 0.5) is 5.69 Å². The highest BCUT2D eigenvalue weighted by Crippen LogP contribution is 2.17. The highest BCUT2D eigenvalue weighted by Gasteiger charge is 1.95. The minimum absolute atomic E-state index is 0.995. The molecule has 1 heterocycles. The Morgan fingerprint density at radius 3 is 2.62 bits per heavy atom. The summed E-state index contributed by atoms with van der Waals surface area (Å²) in [5, 5.41) is 7.76. The fourth-order valence-corrected chi connectivity index (χ4v) is 2.61. The summed E-state index contributed by atoms with van der Waals surface area (Å²) >= 11 is 3.53. The Labute approximate surface area is 105 Å². The molecule has 0 spiro atoms. The molecule has 1 aromatic heterocycles. The maximum atomic E-state index is 3.43. The van der Waals surface area contributed by atoms with Crippen molar-refractivity contribution in [2.24, 2.45) is 0 Å². The van der Waals surface area contributed by atoms with Gasteiger partial charge >= 0.3 is 0 Å². The van der Waals surface area contributed by atoms with E-state index in [1.165, 1.54) is 16.1 Å². The van der Waals surface area contributed by atoms with Crippen molar-refractivity contribution < 1.29 is 0 Å². The molecule has 2 rings (SSSR count). The van der Waals surface area contributed by atoms with Crippen LogP contribution in [0.2, 0.25) is 0 Å². The van der Waals surface area contributed by atoms with Gasteiger partial charge in [-0.15, -0.1) is 11.8 Å². The van der Waals surface area contributed by atoms with Crippen LogP contribution in [0.25, 0.3) is 0 Å². The molecule has 0 fully saturated rings. The van der Waals surface area contributed by atoms with Crippen LogP contribution in [-0.2, 0) is 6.42 Å². The molecule has 1 nitrogen and oxygen atoms in total. The van der Waals surface area contributed by atoms with E-state index >= 15 is 0 Å². The normalized spacial score (nSPS) is 10.3. The van der Waals surface area contributed by atoms with Gasteiger partial charge in [0.1, 0.15) is 0 Å². The number of rotatable bonds is 5. The van der Waals surface area contributed by atoms with E-state index in [9.17, 15) is 0 Å². The fraction of sp³-hybridized carbons (Fsp3) is 0.231. The first-order valence-electron chi connectivity index (χ1n) is 5.27. The summed E-state index contributed by atoms with van der Waals surface area (Å²) < 4.78 is 0. The molecule has 3 heteroatoms. The number of hydrogen-bond acceptors (Lipinski definition) is 3. The number of nitrogens with one attached hydrogen (secondary N) is 1. The molecule has 0 unspecified atom stereocenters. The summed E-state index contributed by atoms with van der Waals surface area (Å²) in [4.78, 5) is 1.31. The topological polar surface area (TPSA) is 12.0 Å². The van der Waals surface area contributed by atoms with E-state index < -0.39 is 0 Å². The summed E-state index contributed by atoms with van der Waals surface area (Å²) in [6.45, 7) is 0.995.